The zero-order valence-electron chi connectivity index (χ0n) is 22.4. The summed E-state index contributed by atoms with van der Waals surface area (Å²) < 4.78 is 17.8. The minimum atomic E-state index is -0.567. The van der Waals surface area contributed by atoms with Crippen LogP contribution in [0.25, 0.3) is 0 Å². The van der Waals surface area contributed by atoms with Crippen LogP contribution in [0.1, 0.15) is 75.2 Å². The first kappa shape index (κ1) is 26.5. The summed E-state index contributed by atoms with van der Waals surface area (Å²) in [6, 6.07) is 17.5. The number of benzene rings is 2. The summed E-state index contributed by atoms with van der Waals surface area (Å²) in [6.45, 7) is 6.19. The fraction of sp³-hybridized carbons (Fsp3) is 0.419. The van der Waals surface area contributed by atoms with Gasteiger partial charge in [-0.1, -0.05) is 25.0 Å². The predicted octanol–water partition coefficient (Wildman–Crippen LogP) is 7.49. The molecule has 1 aliphatic rings. The lowest BCUT2D eigenvalue weighted by atomic mass is 10.1. The van der Waals surface area contributed by atoms with Gasteiger partial charge in [-0.2, -0.15) is 0 Å². The van der Waals surface area contributed by atoms with Crippen LogP contribution >= 0.6 is 0 Å². The molecule has 2 aromatic carbocycles. The van der Waals surface area contributed by atoms with Crippen molar-refractivity contribution < 1.29 is 19.0 Å². The van der Waals surface area contributed by atoms with Crippen LogP contribution in [0, 0.1) is 0 Å². The largest absolute Gasteiger partial charge is 0.493 e. The summed E-state index contributed by atoms with van der Waals surface area (Å²) >= 11 is 0. The molecule has 1 saturated carbocycles. The third-order valence-corrected chi connectivity index (χ3v) is 6.41. The average molecular weight is 503 g/mol. The van der Waals surface area contributed by atoms with E-state index in [4.69, 9.17) is 14.2 Å². The average Bonchev–Trinajstić information content (AvgIpc) is 3.16. The molecule has 0 saturated heterocycles. The molecule has 0 bridgehead atoms. The second-order valence-corrected chi connectivity index (χ2v) is 10.6. The molecule has 0 radical (unpaired) electrons. The molecule has 1 fully saturated rings. The molecule has 4 rings (SSSR count). The van der Waals surface area contributed by atoms with Crippen LogP contribution in [0.3, 0.4) is 0 Å². The van der Waals surface area contributed by atoms with Gasteiger partial charge < -0.3 is 19.1 Å². The molecule has 0 aliphatic heterocycles. The van der Waals surface area contributed by atoms with Crippen LogP contribution in [-0.4, -0.2) is 29.8 Å². The molecule has 0 atom stereocenters. The van der Waals surface area contributed by atoms with Crippen LogP contribution in [0.4, 0.5) is 11.4 Å². The van der Waals surface area contributed by atoms with E-state index in [9.17, 15) is 4.79 Å². The number of hydrogen-bond donors (Lipinski definition) is 0. The minimum Gasteiger partial charge on any atom is -0.493 e. The number of carbonyl (C=O) groups is 1. The van der Waals surface area contributed by atoms with Crippen LogP contribution in [0.2, 0.25) is 0 Å². The molecule has 0 amide bonds. The van der Waals surface area contributed by atoms with Gasteiger partial charge in [-0.25, -0.2) is 4.79 Å². The molecular formula is C31H38N2O4. The molecular weight excluding hydrogens is 464 g/mol. The summed E-state index contributed by atoms with van der Waals surface area (Å²) in [5, 5.41) is 0. The fourth-order valence-electron chi connectivity index (χ4n) is 4.61. The van der Waals surface area contributed by atoms with Crippen molar-refractivity contribution in [1.29, 1.82) is 0 Å². The highest BCUT2D eigenvalue weighted by Crippen LogP contribution is 2.37. The van der Waals surface area contributed by atoms with E-state index in [1.807, 2.05) is 75.5 Å². The predicted molar refractivity (Wildman–Crippen MR) is 147 cm³/mol. The van der Waals surface area contributed by atoms with E-state index >= 15 is 0 Å². The summed E-state index contributed by atoms with van der Waals surface area (Å²) in [4.78, 5) is 19.3. The van der Waals surface area contributed by atoms with E-state index in [1.54, 1.807) is 19.4 Å². The van der Waals surface area contributed by atoms with E-state index in [2.05, 4.69) is 9.88 Å². The molecule has 3 aromatic rings. The second kappa shape index (κ2) is 12.1. The summed E-state index contributed by atoms with van der Waals surface area (Å²) in [5.74, 6) is 1.12. The van der Waals surface area contributed by atoms with E-state index in [0.29, 0.717) is 12.1 Å². The van der Waals surface area contributed by atoms with Crippen molar-refractivity contribution in [1.82, 2.24) is 4.98 Å². The Labute approximate surface area is 220 Å². The molecule has 0 unspecified atom stereocenters. The van der Waals surface area contributed by atoms with Crippen LogP contribution < -0.4 is 14.4 Å². The number of anilines is 2. The SMILES string of the molecule is COc1ccc(N(Cc2cccnc2)c2cccc(C(=O)OC(C)(C)C)c2)cc1OC1CCCCCC1. The van der Waals surface area contributed by atoms with Crippen LogP contribution in [0.15, 0.2) is 67.0 Å². The maximum atomic E-state index is 12.8. The lowest BCUT2D eigenvalue weighted by molar-refractivity contribution is 0.00695. The van der Waals surface area contributed by atoms with Gasteiger partial charge in [0.25, 0.3) is 0 Å². The number of esters is 1. The van der Waals surface area contributed by atoms with Gasteiger partial charge in [-0.3, -0.25) is 4.98 Å². The van der Waals surface area contributed by atoms with Crippen molar-refractivity contribution in [3.05, 3.63) is 78.1 Å². The molecule has 6 nitrogen and oxygen atoms in total. The first-order valence-corrected chi connectivity index (χ1v) is 13.2. The molecule has 196 valence electrons. The molecule has 1 heterocycles. The van der Waals surface area contributed by atoms with Crippen molar-refractivity contribution in [2.24, 2.45) is 0 Å². The number of hydrogen-bond acceptors (Lipinski definition) is 6. The zero-order chi connectivity index (χ0) is 26.3. The summed E-state index contributed by atoms with van der Waals surface area (Å²) in [5.41, 5.74) is 2.80. The van der Waals surface area contributed by atoms with Gasteiger partial charge in [0.1, 0.15) is 5.60 Å². The smallest absolute Gasteiger partial charge is 0.338 e. The maximum Gasteiger partial charge on any atom is 0.338 e. The fourth-order valence-corrected chi connectivity index (χ4v) is 4.61. The lowest BCUT2D eigenvalue weighted by Crippen LogP contribution is -2.24. The number of pyridine rings is 1. The summed E-state index contributed by atoms with van der Waals surface area (Å²) in [6.07, 6.45) is 10.9. The number of rotatable bonds is 8. The minimum absolute atomic E-state index is 0.189. The molecule has 6 heteroatoms. The highest BCUT2D eigenvalue weighted by molar-refractivity contribution is 5.91. The second-order valence-electron chi connectivity index (χ2n) is 10.6. The highest BCUT2D eigenvalue weighted by atomic mass is 16.6. The Morgan fingerprint density at radius 2 is 1.70 bits per heavy atom. The van der Waals surface area contributed by atoms with Gasteiger partial charge in [-0.05, 0) is 88.4 Å². The Hall–Kier alpha value is -3.54. The first-order valence-electron chi connectivity index (χ1n) is 13.2. The molecule has 37 heavy (non-hydrogen) atoms. The van der Waals surface area contributed by atoms with Crippen molar-refractivity contribution in [3.63, 3.8) is 0 Å². The van der Waals surface area contributed by atoms with Crippen molar-refractivity contribution in [2.45, 2.75) is 77.5 Å². The topological polar surface area (TPSA) is 60.9 Å². The van der Waals surface area contributed by atoms with Crippen LogP contribution in [-0.2, 0) is 11.3 Å². The number of carbonyl (C=O) groups excluding carboxylic acids is 1. The van der Waals surface area contributed by atoms with Crippen molar-refractivity contribution in [3.8, 4) is 11.5 Å². The lowest BCUT2D eigenvalue weighted by Gasteiger charge is -2.27. The Balaban J connectivity index is 1.70. The number of aromatic nitrogens is 1. The highest BCUT2D eigenvalue weighted by Gasteiger charge is 2.21. The van der Waals surface area contributed by atoms with Crippen molar-refractivity contribution >= 4 is 17.3 Å². The van der Waals surface area contributed by atoms with Gasteiger partial charge in [0.2, 0.25) is 0 Å². The Kier molecular flexibility index (Phi) is 8.70. The quantitative estimate of drug-likeness (QED) is 0.235. The van der Waals surface area contributed by atoms with E-state index < -0.39 is 5.60 Å². The third kappa shape index (κ3) is 7.48. The summed E-state index contributed by atoms with van der Waals surface area (Å²) in [7, 11) is 1.67. The molecule has 1 aromatic heterocycles. The van der Waals surface area contributed by atoms with Gasteiger partial charge >= 0.3 is 5.97 Å². The third-order valence-electron chi connectivity index (χ3n) is 6.41. The van der Waals surface area contributed by atoms with Crippen LogP contribution in [0.5, 0.6) is 11.5 Å². The molecule has 1 aliphatic carbocycles. The van der Waals surface area contributed by atoms with E-state index in [-0.39, 0.29) is 12.1 Å². The van der Waals surface area contributed by atoms with Crippen molar-refractivity contribution in [2.75, 3.05) is 12.0 Å². The zero-order valence-corrected chi connectivity index (χ0v) is 22.4. The monoisotopic (exact) mass is 502 g/mol. The van der Waals surface area contributed by atoms with Gasteiger partial charge in [0, 0.05) is 36.4 Å². The number of ether oxygens (including phenoxy) is 3. The Bertz CT molecular complexity index is 1170. The number of methoxy groups -OCH3 is 1. The maximum absolute atomic E-state index is 12.8. The molecule has 0 N–H and O–H groups in total. The Morgan fingerprint density at radius 1 is 0.946 bits per heavy atom. The van der Waals surface area contributed by atoms with E-state index in [1.165, 1.54) is 25.7 Å². The van der Waals surface area contributed by atoms with Gasteiger partial charge in [-0.15, -0.1) is 0 Å². The van der Waals surface area contributed by atoms with Gasteiger partial charge in [0.15, 0.2) is 11.5 Å². The Morgan fingerprint density at radius 3 is 2.38 bits per heavy atom. The number of nitrogens with zero attached hydrogens (tertiary/aromatic N) is 2. The molecule has 0 spiro atoms. The van der Waals surface area contributed by atoms with Gasteiger partial charge in [0.05, 0.1) is 18.8 Å². The van der Waals surface area contributed by atoms with E-state index in [0.717, 1.165) is 41.3 Å². The normalized spacial score (nSPS) is 14.5. The first-order chi connectivity index (χ1) is 17.8. The standard InChI is InChI=1S/C31H38N2O4/c1-31(2,3)37-30(34)24-12-9-13-25(19-24)33(22-23-11-10-18-32-21-23)26-16-17-28(35-4)29(20-26)36-27-14-7-5-6-8-15-27/h9-13,16-21,27H,5-8,14-15,22H2,1-4H3.